The zero-order chi connectivity index (χ0) is 32.3. The Morgan fingerprint density at radius 2 is 1.93 bits per heavy atom. The van der Waals surface area contributed by atoms with Crippen molar-refractivity contribution in [2.24, 2.45) is 33.6 Å². The van der Waals surface area contributed by atoms with Crippen LogP contribution in [0.2, 0.25) is 0 Å². The molecule has 0 spiro atoms. The lowest BCUT2D eigenvalue weighted by Crippen LogP contribution is -2.69. The Balaban J connectivity index is 1.17. The fourth-order valence-electron chi connectivity index (χ4n) is 10.8. The number of cyclic esters (lactones) is 1. The number of pyridine rings is 1. The largest absolute Gasteiger partial charge is 0.458 e. The minimum atomic E-state index is -1.07. The van der Waals surface area contributed by atoms with Gasteiger partial charge in [0.15, 0.2) is 6.29 Å². The molecule has 10 nitrogen and oxygen atoms in total. The maximum Gasteiger partial charge on any atom is 0.331 e. The van der Waals surface area contributed by atoms with E-state index in [9.17, 15) is 20.1 Å². The molecule has 4 saturated carbocycles. The maximum atomic E-state index is 12.8. The number of aromatic nitrogens is 1. The summed E-state index contributed by atoms with van der Waals surface area (Å²) in [6.07, 6.45) is 9.93. The SMILES string of the molecule is CO[C@@H]1C[C@H](O[C@H]2CC[C@@]3(C=NCc4ccccn4)[C@@H]4CC[C@@]5(C)[C@H](C6=CC(=O)OC6)CC[C@]5(O)[C@@H]4CC[C@]3(O)C2)O[C@@H](C)[C@@H]1O. The Hall–Kier alpha value is -2.21. The average molecular weight is 639 g/mol. The number of hydrogen-bond donors (Lipinski definition) is 3. The number of carbonyl (C=O) groups is 1. The van der Waals surface area contributed by atoms with Crippen LogP contribution in [0.1, 0.15) is 83.7 Å². The summed E-state index contributed by atoms with van der Waals surface area (Å²) in [5.74, 6) is -0.128. The molecule has 3 N–H and O–H groups in total. The first-order chi connectivity index (χ1) is 22.0. The van der Waals surface area contributed by atoms with Crippen LogP contribution >= 0.6 is 0 Å². The predicted octanol–water partition coefficient (Wildman–Crippen LogP) is 3.90. The first kappa shape index (κ1) is 32.3. The molecule has 4 aliphatic carbocycles. The zero-order valence-corrected chi connectivity index (χ0v) is 27.3. The van der Waals surface area contributed by atoms with Gasteiger partial charge in [0.05, 0.1) is 41.8 Å². The molecule has 0 unspecified atom stereocenters. The van der Waals surface area contributed by atoms with Crippen molar-refractivity contribution in [3.05, 3.63) is 41.7 Å². The summed E-state index contributed by atoms with van der Waals surface area (Å²) in [4.78, 5) is 21.4. The molecule has 6 aliphatic rings. The van der Waals surface area contributed by atoms with E-state index in [1.54, 1.807) is 19.4 Å². The molecule has 252 valence electrons. The highest BCUT2D eigenvalue weighted by Crippen LogP contribution is 2.70. The van der Waals surface area contributed by atoms with Crippen molar-refractivity contribution < 1.29 is 39.1 Å². The van der Waals surface area contributed by atoms with Gasteiger partial charge < -0.3 is 34.3 Å². The lowest BCUT2D eigenvalue weighted by atomic mass is 9.41. The highest BCUT2D eigenvalue weighted by Gasteiger charge is 2.71. The van der Waals surface area contributed by atoms with Crippen molar-refractivity contribution in [2.45, 2.75) is 127 Å². The summed E-state index contributed by atoms with van der Waals surface area (Å²) in [6, 6.07) is 5.81. The summed E-state index contributed by atoms with van der Waals surface area (Å²) in [5.41, 5.74) is -1.09. The van der Waals surface area contributed by atoms with Crippen LogP contribution in [-0.4, -0.2) is 88.1 Å². The van der Waals surface area contributed by atoms with Gasteiger partial charge in [0.2, 0.25) is 0 Å². The van der Waals surface area contributed by atoms with Crippen molar-refractivity contribution >= 4 is 12.2 Å². The molecule has 1 saturated heterocycles. The average Bonchev–Trinajstić information content (AvgIpc) is 3.58. The van der Waals surface area contributed by atoms with Crippen LogP contribution in [0.5, 0.6) is 0 Å². The Labute approximate surface area is 271 Å². The lowest BCUT2D eigenvalue weighted by Gasteiger charge is -2.66. The zero-order valence-electron chi connectivity index (χ0n) is 27.3. The number of nitrogens with zero attached hydrogens (tertiary/aromatic N) is 2. The van der Waals surface area contributed by atoms with Gasteiger partial charge in [-0.05, 0) is 93.7 Å². The second kappa shape index (κ2) is 12.0. The van der Waals surface area contributed by atoms with Gasteiger partial charge in [0, 0.05) is 49.3 Å². The number of methoxy groups -OCH3 is 1. The molecule has 1 aromatic rings. The second-order valence-corrected chi connectivity index (χ2v) is 15.2. The molecule has 5 fully saturated rings. The van der Waals surface area contributed by atoms with Gasteiger partial charge in [-0.2, -0.15) is 0 Å². The number of carbonyl (C=O) groups excluding carboxylic acids is 1. The van der Waals surface area contributed by atoms with Crippen LogP contribution in [0.3, 0.4) is 0 Å². The van der Waals surface area contributed by atoms with Crippen molar-refractivity contribution in [1.82, 2.24) is 4.98 Å². The van der Waals surface area contributed by atoms with E-state index in [0.29, 0.717) is 51.7 Å². The normalized spacial score (nSPS) is 47.2. The van der Waals surface area contributed by atoms with Gasteiger partial charge in [0.1, 0.15) is 12.7 Å². The highest BCUT2D eigenvalue weighted by molar-refractivity contribution is 5.85. The number of aliphatic imine (C=N–C) groups is 1. The van der Waals surface area contributed by atoms with E-state index in [4.69, 9.17) is 23.9 Å². The first-order valence-electron chi connectivity index (χ1n) is 17.3. The van der Waals surface area contributed by atoms with E-state index in [1.165, 1.54) is 0 Å². The summed E-state index contributed by atoms with van der Waals surface area (Å²) < 4.78 is 23.4. The second-order valence-electron chi connectivity index (χ2n) is 15.2. The van der Waals surface area contributed by atoms with E-state index in [-0.39, 0.29) is 41.3 Å². The molecule has 0 radical (unpaired) electrons. The molecule has 0 amide bonds. The first-order valence-corrected chi connectivity index (χ1v) is 17.3. The third-order valence-electron chi connectivity index (χ3n) is 13.2. The van der Waals surface area contributed by atoms with Crippen LogP contribution in [0.4, 0.5) is 0 Å². The van der Waals surface area contributed by atoms with Crippen LogP contribution in [-0.2, 0) is 30.3 Å². The Kier molecular flexibility index (Phi) is 8.46. The van der Waals surface area contributed by atoms with Crippen molar-refractivity contribution in [1.29, 1.82) is 0 Å². The molecule has 1 aromatic heterocycles. The molecular weight excluding hydrogens is 588 g/mol. The molecule has 12 atom stereocenters. The van der Waals surface area contributed by atoms with Gasteiger partial charge in [-0.1, -0.05) is 13.0 Å². The third-order valence-corrected chi connectivity index (χ3v) is 13.2. The third kappa shape index (κ3) is 5.10. The van der Waals surface area contributed by atoms with Gasteiger partial charge in [-0.15, -0.1) is 0 Å². The Morgan fingerprint density at radius 1 is 1.11 bits per heavy atom. The smallest absolute Gasteiger partial charge is 0.331 e. The van der Waals surface area contributed by atoms with Gasteiger partial charge >= 0.3 is 5.97 Å². The summed E-state index contributed by atoms with van der Waals surface area (Å²) in [5, 5.41) is 36.0. The predicted molar refractivity (Wildman–Crippen MR) is 169 cm³/mol. The maximum absolute atomic E-state index is 12.8. The van der Waals surface area contributed by atoms with E-state index in [1.807, 2.05) is 31.3 Å². The molecule has 7 rings (SSSR count). The number of esters is 1. The van der Waals surface area contributed by atoms with Crippen LogP contribution in [0.15, 0.2) is 41.0 Å². The van der Waals surface area contributed by atoms with Crippen molar-refractivity contribution in [2.75, 3.05) is 13.7 Å². The Morgan fingerprint density at radius 3 is 2.67 bits per heavy atom. The molecule has 3 heterocycles. The summed E-state index contributed by atoms with van der Waals surface area (Å²) >= 11 is 0. The van der Waals surface area contributed by atoms with Crippen LogP contribution in [0.25, 0.3) is 0 Å². The molecule has 10 heteroatoms. The fraction of sp³-hybridized carbons (Fsp3) is 0.750. The lowest BCUT2D eigenvalue weighted by molar-refractivity contribution is -0.284. The monoisotopic (exact) mass is 638 g/mol. The number of aliphatic hydroxyl groups excluding tert-OH is 1. The van der Waals surface area contributed by atoms with Crippen LogP contribution in [0, 0.1) is 28.6 Å². The Bertz CT molecular complexity index is 1360. The van der Waals surface area contributed by atoms with Crippen molar-refractivity contribution in [3.63, 3.8) is 0 Å². The number of hydrogen-bond acceptors (Lipinski definition) is 10. The number of fused-ring (bicyclic) bond motifs is 5. The minimum Gasteiger partial charge on any atom is -0.458 e. The van der Waals surface area contributed by atoms with Crippen molar-refractivity contribution in [3.8, 4) is 0 Å². The van der Waals surface area contributed by atoms with E-state index in [0.717, 1.165) is 37.0 Å². The molecule has 2 aliphatic heterocycles. The highest BCUT2D eigenvalue weighted by atomic mass is 16.7. The topological polar surface area (TPSA) is 140 Å². The molecular formula is C36H50N2O8. The number of rotatable bonds is 7. The molecule has 0 bridgehead atoms. The van der Waals surface area contributed by atoms with Gasteiger partial charge in [0.25, 0.3) is 0 Å². The van der Waals surface area contributed by atoms with E-state index in [2.05, 4.69) is 11.9 Å². The fourth-order valence-corrected chi connectivity index (χ4v) is 10.8. The van der Waals surface area contributed by atoms with E-state index < -0.39 is 35.1 Å². The molecule has 46 heavy (non-hydrogen) atoms. The van der Waals surface area contributed by atoms with Gasteiger partial charge in [-0.25, -0.2) is 4.79 Å². The summed E-state index contributed by atoms with van der Waals surface area (Å²) in [6.45, 7) is 4.79. The van der Waals surface area contributed by atoms with E-state index >= 15 is 0 Å². The minimum absolute atomic E-state index is 0.000364. The number of aliphatic hydroxyl groups is 3. The van der Waals surface area contributed by atoms with Gasteiger partial charge in [-0.3, -0.25) is 9.98 Å². The molecule has 0 aromatic carbocycles. The number of ether oxygens (including phenoxy) is 4. The summed E-state index contributed by atoms with van der Waals surface area (Å²) in [7, 11) is 1.59. The standard InChI is InChI=1S/C36H50N2O8/c1-22-32(40)29(43-3)17-31(45-22)46-25-7-12-34(21-37-19-24-6-4-5-15-38-24)27-8-11-33(2)26(23-16-30(39)44-20-23)10-14-36(33,42)28(27)9-13-35(34,41)18-25/h4-6,15-16,21-22,25-29,31-32,40-42H,7-14,17-20H2,1-3H3/t22-,25-,26-,27+,28+,29+,31-,32-,33-,34+,35-,36-/m0/s1. The quantitative estimate of drug-likeness (QED) is 0.231. The van der Waals surface area contributed by atoms with Crippen LogP contribution < -0.4 is 0 Å².